The van der Waals surface area contributed by atoms with Gasteiger partial charge in [-0.25, -0.2) is 4.79 Å². The number of carbonyl (C=O) groups is 1. The van der Waals surface area contributed by atoms with E-state index in [1.807, 2.05) is 18.2 Å². The summed E-state index contributed by atoms with van der Waals surface area (Å²) in [6, 6.07) is 18.6. The van der Waals surface area contributed by atoms with E-state index in [9.17, 15) is 4.79 Å². The molecule has 2 atom stereocenters. The number of aryl methyl sites for hydroxylation is 1. The number of rotatable bonds is 22. The Labute approximate surface area is 246 Å². The van der Waals surface area contributed by atoms with Gasteiger partial charge in [0.25, 0.3) is 0 Å². The highest BCUT2D eigenvalue weighted by molar-refractivity contribution is 5.74. The van der Waals surface area contributed by atoms with E-state index < -0.39 is 0 Å². The fourth-order valence-electron chi connectivity index (χ4n) is 5.54. The molecule has 2 rings (SSSR count). The Bertz CT molecular complexity index is 909. The number of likely N-dealkylation sites (N-methyl/N-ethyl adjacent to an activating group) is 1. The summed E-state index contributed by atoms with van der Waals surface area (Å²) in [6.07, 6.45) is 17.6. The minimum atomic E-state index is -0.215. The van der Waals surface area contributed by atoms with Gasteiger partial charge in [0, 0.05) is 12.0 Å². The summed E-state index contributed by atoms with van der Waals surface area (Å²) in [5.41, 5.74) is 2.59. The summed E-state index contributed by atoms with van der Waals surface area (Å²) in [6.45, 7) is 7.47. The first-order chi connectivity index (χ1) is 19.4. The lowest BCUT2D eigenvalue weighted by Gasteiger charge is -2.36. The molecule has 0 aliphatic heterocycles. The van der Waals surface area contributed by atoms with Gasteiger partial charge in [0.1, 0.15) is 25.0 Å². The van der Waals surface area contributed by atoms with Crippen molar-refractivity contribution in [3.63, 3.8) is 0 Å². The van der Waals surface area contributed by atoms with E-state index in [2.05, 4.69) is 71.3 Å². The van der Waals surface area contributed by atoms with Crippen LogP contribution in [0.15, 0.2) is 54.6 Å². The molecule has 0 radical (unpaired) electrons. The van der Waals surface area contributed by atoms with Gasteiger partial charge >= 0.3 is 5.97 Å². The van der Waals surface area contributed by atoms with Crippen molar-refractivity contribution in [2.75, 3.05) is 20.7 Å². The van der Waals surface area contributed by atoms with Gasteiger partial charge in [-0.1, -0.05) is 127 Å². The van der Waals surface area contributed by atoms with Crippen LogP contribution in [0.2, 0.25) is 0 Å². The number of ether oxygens (including phenoxy) is 2. The molecule has 0 aliphatic rings. The minimum absolute atomic E-state index is 0.146. The molecular formula is C36H58NO3+. The molecule has 0 heterocycles. The van der Waals surface area contributed by atoms with Crippen LogP contribution in [0.4, 0.5) is 0 Å². The van der Waals surface area contributed by atoms with E-state index in [1.54, 1.807) is 0 Å². The Morgan fingerprint density at radius 1 is 0.700 bits per heavy atom. The highest BCUT2D eigenvalue weighted by atomic mass is 16.6. The molecule has 0 aromatic heterocycles. The fourth-order valence-corrected chi connectivity index (χ4v) is 5.54. The number of hydrogen-bond acceptors (Lipinski definition) is 3. The average molecular weight is 553 g/mol. The Morgan fingerprint density at radius 3 is 1.82 bits per heavy atom. The molecule has 2 unspecified atom stereocenters. The van der Waals surface area contributed by atoms with E-state index in [4.69, 9.17) is 9.47 Å². The smallest absolute Gasteiger partial charge is 0.365 e. The first-order valence-electron chi connectivity index (χ1n) is 16.2. The quantitative estimate of drug-likeness (QED) is 0.0829. The maximum absolute atomic E-state index is 13.1. The first-order valence-corrected chi connectivity index (χ1v) is 16.2. The number of quaternary nitrogens is 1. The zero-order chi connectivity index (χ0) is 29.1. The monoisotopic (exact) mass is 552 g/mol. The molecule has 0 amide bonds. The van der Waals surface area contributed by atoms with Crippen LogP contribution in [0.1, 0.15) is 115 Å². The van der Waals surface area contributed by atoms with Crippen molar-refractivity contribution in [1.29, 1.82) is 0 Å². The highest BCUT2D eigenvalue weighted by Gasteiger charge is 2.35. The van der Waals surface area contributed by atoms with Crippen molar-refractivity contribution in [2.45, 2.75) is 129 Å². The second-order valence-electron chi connectivity index (χ2n) is 12.1. The van der Waals surface area contributed by atoms with Gasteiger partial charge in [-0.2, -0.15) is 0 Å². The number of benzene rings is 2. The topological polar surface area (TPSA) is 35.5 Å². The van der Waals surface area contributed by atoms with Gasteiger partial charge < -0.3 is 14.0 Å². The number of carbonyl (C=O) groups excluding carboxylic acids is 1. The molecule has 0 saturated carbocycles. The molecule has 4 heteroatoms. The van der Waals surface area contributed by atoms with Crippen LogP contribution in [0.3, 0.4) is 0 Å². The second-order valence-corrected chi connectivity index (χ2v) is 12.1. The molecular weight excluding hydrogens is 494 g/mol. The molecule has 0 saturated heterocycles. The molecule has 0 bridgehead atoms. The third-order valence-electron chi connectivity index (χ3n) is 8.10. The maximum atomic E-state index is 13.1. The van der Waals surface area contributed by atoms with Crippen molar-refractivity contribution in [2.24, 2.45) is 0 Å². The molecule has 224 valence electrons. The molecule has 0 N–H and O–H groups in total. The number of nitrogens with zero attached hydrogens (tertiary/aromatic N) is 1. The normalized spacial score (nSPS) is 13.1. The number of hydrogen-bond donors (Lipinski definition) is 0. The number of esters is 1. The van der Waals surface area contributed by atoms with Crippen LogP contribution >= 0.6 is 0 Å². The summed E-state index contributed by atoms with van der Waals surface area (Å²) < 4.78 is 12.6. The first kappa shape index (κ1) is 33.9. The zero-order valence-electron chi connectivity index (χ0n) is 26.3. The second kappa shape index (κ2) is 19.7. The van der Waals surface area contributed by atoms with E-state index in [0.717, 1.165) is 31.6 Å². The summed E-state index contributed by atoms with van der Waals surface area (Å²) >= 11 is 0. The van der Waals surface area contributed by atoms with Crippen LogP contribution in [0, 0.1) is 0 Å². The maximum Gasteiger partial charge on any atom is 0.365 e. The standard InChI is InChI=1S/C36H58NO3/c1-6-9-10-11-12-13-14-15-16-17-19-22-31-25-27-34(28-26-31)40-33(7-2)30-39-36(38)35(8-3)37(4,5)29-32-23-20-18-21-24-32/h18,20-21,23-28,33,35H,6-17,19,22,29-30H2,1-5H3/q+1. The van der Waals surface area contributed by atoms with Crippen LogP contribution in [0.5, 0.6) is 5.75 Å². The predicted octanol–water partition coefficient (Wildman–Crippen LogP) is 9.30. The third-order valence-corrected chi connectivity index (χ3v) is 8.10. The van der Waals surface area contributed by atoms with Gasteiger partial charge in [0.15, 0.2) is 6.04 Å². The van der Waals surface area contributed by atoms with Crippen LogP contribution in [-0.4, -0.2) is 43.3 Å². The van der Waals surface area contributed by atoms with Crippen molar-refractivity contribution in [1.82, 2.24) is 0 Å². The van der Waals surface area contributed by atoms with Gasteiger partial charge in [-0.15, -0.1) is 0 Å². The molecule has 0 aliphatic carbocycles. The largest absolute Gasteiger partial charge is 0.487 e. The van der Waals surface area contributed by atoms with E-state index >= 15 is 0 Å². The lowest BCUT2D eigenvalue weighted by atomic mass is 10.0. The van der Waals surface area contributed by atoms with Crippen LogP contribution in [0.25, 0.3) is 0 Å². The summed E-state index contributed by atoms with van der Waals surface area (Å²) in [5, 5.41) is 0. The van der Waals surface area contributed by atoms with Gasteiger partial charge in [0.05, 0.1) is 14.1 Å². The lowest BCUT2D eigenvalue weighted by molar-refractivity contribution is -0.919. The Hall–Kier alpha value is -2.33. The predicted molar refractivity (Wildman–Crippen MR) is 169 cm³/mol. The van der Waals surface area contributed by atoms with Crippen LogP contribution < -0.4 is 4.74 Å². The Balaban J connectivity index is 1.68. The van der Waals surface area contributed by atoms with E-state index in [-0.39, 0.29) is 24.7 Å². The Kier molecular flexibility index (Phi) is 16.7. The van der Waals surface area contributed by atoms with Crippen molar-refractivity contribution in [3.8, 4) is 5.75 Å². The molecule has 40 heavy (non-hydrogen) atoms. The molecule has 4 nitrogen and oxygen atoms in total. The van der Waals surface area contributed by atoms with E-state index in [1.165, 1.54) is 81.8 Å². The average Bonchev–Trinajstić information content (AvgIpc) is 2.95. The SMILES string of the molecule is CCCCCCCCCCCCCc1ccc(OC(CC)COC(=O)C(CC)[N+](C)(C)Cc2ccccc2)cc1. The molecule has 0 spiro atoms. The van der Waals surface area contributed by atoms with Gasteiger partial charge in [-0.05, 0) is 37.0 Å². The Morgan fingerprint density at radius 2 is 1.27 bits per heavy atom. The number of unbranched alkanes of at least 4 members (excludes halogenated alkanes) is 10. The zero-order valence-corrected chi connectivity index (χ0v) is 26.3. The van der Waals surface area contributed by atoms with Crippen molar-refractivity contribution >= 4 is 5.97 Å². The van der Waals surface area contributed by atoms with Crippen molar-refractivity contribution in [3.05, 3.63) is 65.7 Å². The summed E-state index contributed by atoms with van der Waals surface area (Å²) in [4.78, 5) is 13.1. The molecule has 2 aromatic rings. The molecule has 0 fully saturated rings. The fraction of sp³-hybridized carbons (Fsp3) is 0.639. The van der Waals surface area contributed by atoms with Gasteiger partial charge in [0.2, 0.25) is 0 Å². The lowest BCUT2D eigenvalue weighted by Crippen LogP contribution is -2.52. The highest BCUT2D eigenvalue weighted by Crippen LogP contribution is 2.20. The minimum Gasteiger partial charge on any atom is -0.487 e. The third kappa shape index (κ3) is 13.4. The van der Waals surface area contributed by atoms with Crippen LogP contribution in [-0.2, 0) is 22.5 Å². The summed E-state index contributed by atoms with van der Waals surface area (Å²) in [7, 11) is 4.21. The van der Waals surface area contributed by atoms with Gasteiger partial charge in [-0.3, -0.25) is 0 Å². The molecule has 2 aromatic carbocycles. The summed E-state index contributed by atoms with van der Waals surface area (Å²) in [5.74, 6) is 0.700. The van der Waals surface area contributed by atoms with E-state index in [0.29, 0.717) is 4.48 Å². The van der Waals surface area contributed by atoms with Crippen molar-refractivity contribution < 1.29 is 18.8 Å².